The first-order valence-electron chi connectivity index (χ1n) is 6.28. The molecular formula is C14H19N3. The van der Waals surface area contributed by atoms with Crippen molar-refractivity contribution in [2.75, 3.05) is 19.6 Å². The number of hydrogen-bond donors (Lipinski definition) is 1. The van der Waals surface area contributed by atoms with Gasteiger partial charge in [0.1, 0.15) is 0 Å². The lowest BCUT2D eigenvalue weighted by Gasteiger charge is -2.27. The molecule has 0 aromatic heterocycles. The van der Waals surface area contributed by atoms with E-state index in [9.17, 15) is 0 Å². The summed E-state index contributed by atoms with van der Waals surface area (Å²) in [5.41, 5.74) is 1.95. The number of likely N-dealkylation sites (N-methyl/N-ethyl adjacent to an activating group) is 1. The van der Waals surface area contributed by atoms with Gasteiger partial charge in [0, 0.05) is 19.1 Å². The van der Waals surface area contributed by atoms with E-state index in [0.717, 1.165) is 37.3 Å². The molecule has 0 aliphatic carbocycles. The maximum absolute atomic E-state index is 9.09. The van der Waals surface area contributed by atoms with Gasteiger partial charge in [-0.15, -0.1) is 0 Å². The predicted molar refractivity (Wildman–Crippen MR) is 68.5 cm³/mol. The van der Waals surface area contributed by atoms with Gasteiger partial charge in [-0.3, -0.25) is 4.90 Å². The fourth-order valence-electron chi connectivity index (χ4n) is 2.44. The Labute approximate surface area is 103 Å². The summed E-state index contributed by atoms with van der Waals surface area (Å²) < 4.78 is 0. The van der Waals surface area contributed by atoms with E-state index in [1.807, 2.05) is 18.2 Å². The van der Waals surface area contributed by atoms with E-state index >= 15 is 0 Å². The SMILES string of the molecule is CCN(Cc1ccccc1C#N)C1CCNC1. The molecule has 1 atom stereocenters. The minimum absolute atomic E-state index is 0.617. The van der Waals surface area contributed by atoms with E-state index in [1.165, 1.54) is 6.42 Å². The Morgan fingerprint density at radius 2 is 2.29 bits per heavy atom. The second-order valence-electron chi connectivity index (χ2n) is 4.48. The quantitative estimate of drug-likeness (QED) is 0.855. The van der Waals surface area contributed by atoms with Crippen LogP contribution in [0, 0.1) is 11.3 Å². The highest BCUT2D eigenvalue weighted by atomic mass is 15.2. The van der Waals surface area contributed by atoms with Crippen molar-refractivity contribution in [2.24, 2.45) is 0 Å². The highest BCUT2D eigenvalue weighted by Gasteiger charge is 2.21. The summed E-state index contributed by atoms with van der Waals surface area (Å²) in [7, 11) is 0. The van der Waals surface area contributed by atoms with Gasteiger partial charge in [0.15, 0.2) is 0 Å². The number of rotatable bonds is 4. The summed E-state index contributed by atoms with van der Waals surface area (Å²) in [6.07, 6.45) is 1.21. The smallest absolute Gasteiger partial charge is 0.0995 e. The van der Waals surface area contributed by atoms with Gasteiger partial charge in [0.2, 0.25) is 0 Å². The van der Waals surface area contributed by atoms with Crippen LogP contribution < -0.4 is 5.32 Å². The van der Waals surface area contributed by atoms with Crippen LogP contribution in [0.2, 0.25) is 0 Å². The molecule has 2 rings (SSSR count). The largest absolute Gasteiger partial charge is 0.315 e. The first-order chi connectivity index (χ1) is 8.35. The first-order valence-corrected chi connectivity index (χ1v) is 6.28. The van der Waals surface area contributed by atoms with Crippen molar-refractivity contribution in [3.8, 4) is 6.07 Å². The third-order valence-corrected chi connectivity index (χ3v) is 3.47. The number of benzene rings is 1. The molecule has 0 radical (unpaired) electrons. The molecule has 1 saturated heterocycles. The zero-order valence-corrected chi connectivity index (χ0v) is 10.3. The summed E-state index contributed by atoms with van der Waals surface area (Å²) in [6.45, 7) is 6.29. The van der Waals surface area contributed by atoms with Gasteiger partial charge in [-0.1, -0.05) is 25.1 Å². The average molecular weight is 229 g/mol. The van der Waals surface area contributed by atoms with Crippen molar-refractivity contribution in [3.05, 3.63) is 35.4 Å². The molecule has 1 heterocycles. The molecule has 0 spiro atoms. The third kappa shape index (κ3) is 2.85. The Hall–Kier alpha value is -1.37. The van der Waals surface area contributed by atoms with Crippen molar-refractivity contribution < 1.29 is 0 Å². The molecule has 1 aliphatic rings. The summed E-state index contributed by atoms with van der Waals surface area (Å²) in [5, 5.41) is 12.5. The Kier molecular flexibility index (Phi) is 4.13. The van der Waals surface area contributed by atoms with Gasteiger partial charge in [0.05, 0.1) is 11.6 Å². The second-order valence-corrected chi connectivity index (χ2v) is 4.48. The number of nitrogens with zero attached hydrogens (tertiary/aromatic N) is 2. The summed E-state index contributed by atoms with van der Waals surface area (Å²) in [6, 6.07) is 10.8. The van der Waals surface area contributed by atoms with Crippen LogP contribution in [0.25, 0.3) is 0 Å². The fraction of sp³-hybridized carbons (Fsp3) is 0.500. The molecule has 1 fully saturated rings. The minimum Gasteiger partial charge on any atom is -0.315 e. The molecule has 17 heavy (non-hydrogen) atoms. The maximum Gasteiger partial charge on any atom is 0.0995 e. The van der Waals surface area contributed by atoms with Crippen LogP contribution in [0.5, 0.6) is 0 Å². The number of nitriles is 1. The van der Waals surface area contributed by atoms with Crippen molar-refractivity contribution in [2.45, 2.75) is 25.9 Å². The average Bonchev–Trinajstić information content (AvgIpc) is 2.90. The first kappa shape index (κ1) is 12.1. The Morgan fingerprint density at radius 1 is 1.47 bits per heavy atom. The lowest BCUT2D eigenvalue weighted by molar-refractivity contribution is 0.210. The molecule has 1 aliphatic heterocycles. The van der Waals surface area contributed by atoms with Crippen LogP contribution >= 0.6 is 0 Å². The van der Waals surface area contributed by atoms with Crippen molar-refractivity contribution >= 4 is 0 Å². The summed E-state index contributed by atoms with van der Waals surface area (Å²) >= 11 is 0. The van der Waals surface area contributed by atoms with E-state index < -0.39 is 0 Å². The van der Waals surface area contributed by atoms with E-state index in [-0.39, 0.29) is 0 Å². The molecule has 1 unspecified atom stereocenters. The van der Waals surface area contributed by atoms with E-state index in [4.69, 9.17) is 5.26 Å². The van der Waals surface area contributed by atoms with Gasteiger partial charge in [-0.2, -0.15) is 5.26 Å². The highest BCUT2D eigenvalue weighted by Crippen LogP contribution is 2.15. The second kappa shape index (κ2) is 5.81. The van der Waals surface area contributed by atoms with Crippen LogP contribution in [0.3, 0.4) is 0 Å². The molecular weight excluding hydrogens is 210 g/mol. The van der Waals surface area contributed by atoms with Crippen molar-refractivity contribution in [1.82, 2.24) is 10.2 Å². The molecule has 90 valence electrons. The zero-order valence-electron chi connectivity index (χ0n) is 10.3. The zero-order chi connectivity index (χ0) is 12.1. The fourth-order valence-corrected chi connectivity index (χ4v) is 2.44. The molecule has 3 heteroatoms. The molecule has 1 N–H and O–H groups in total. The molecule has 0 amide bonds. The van der Waals surface area contributed by atoms with Crippen LogP contribution in [-0.4, -0.2) is 30.6 Å². The highest BCUT2D eigenvalue weighted by molar-refractivity contribution is 5.37. The van der Waals surface area contributed by atoms with Gasteiger partial charge >= 0.3 is 0 Å². The lowest BCUT2D eigenvalue weighted by atomic mass is 10.1. The standard InChI is InChI=1S/C14H19N3/c1-2-17(14-7-8-16-10-14)11-13-6-4-3-5-12(13)9-15/h3-6,14,16H,2,7-8,10-11H2,1H3. The van der Waals surface area contributed by atoms with Gasteiger partial charge in [0.25, 0.3) is 0 Å². The number of nitrogens with one attached hydrogen (secondary N) is 1. The van der Waals surface area contributed by atoms with Crippen LogP contribution in [-0.2, 0) is 6.54 Å². The molecule has 0 bridgehead atoms. The maximum atomic E-state index is 9.09. The topological polar surface area (TPSA) is 39.1 Å². The van der Waals surface area contributed by atoms with E-state index in [1.54, 1.807) is 0 Å². The Morgan fingerprint density at radius 3 is 2.94 bits per heavy atom. The number of hydrogen-bond acceptors (Lipinski definition) is 3. The molecule has 3 nitrogen and oxygen atoms in total. The molecule has 1 aromatic rings. The summed E-state index contributed by atoms with van der Waals surface area (Å²) in [4.78, 5) is 2.45. The van der Waals surface area contributed by atoms with E-state index in [0.29, 0.717) is 6.04 Å². The van der Waals surface area contributed by atoms with Crippen molar-refractivity contribution in [3.63, 3.8) is 0 Å². The van der Waals surface area contributed by atoms with Gasteiger partial charge in [-0.05, 0) is 31.1 Å². The summed E-state index contributed by atoms with van der Waals surface area (Å²) in [5.74, 6) is 0. The van der Waals surface area contributed by atoms with Crippen LogP contribution in [0.15, 0.2) is 24.3 Å². The molecule has 1 aromatic carbocycles. The Bertz CT molecular complexity index is 402. The van der Waals surface area contributed by atoms with Gasteiger partial charge in [-0.25, -0.2) is 0 Å². The van der Waals surface area contributed by atoms with Crippen LogP contribution in [0.1, 0.15) is 24.5 Å². The minimum atomic E-state index is 0.617. The normalized spacial score (nSPS) is 19.5. The van der Waals surface area contributed by atoms with E-state index in [2.05, 4.69) is 29.3 Å². The third-order valence-electron chi connectivity index (χ3n) is 3.47. The van der Waals surface area contributed by atoms with Crippen LogP contribution in [0.4, 0.5) is 0 Å². The monoisotopic (exact) mass is 229 g/mol. The van der Waals surface area contributed by atoms with Crippen molar-refractivity contribution in [1.29, 1.82) is 5.26 Å². The predicted octanol–water partition coefficient (Wildman–Crippen LogP) is 1.74. The van der Waals surface area contributed by atoms with Gasteiger partial charge < -0.3 is 5.32 Å². The lowest BCUT2D eigenvalue weighted by Crippen LogP contribution is -2.36. The molecule has 0 saturated carbocycles. The Balaban J connectivity index is 2.10.